The maximum atomic E-state index is 8.52. The van der Waals surface area contributed by atoms with Crippen LogP contribution < -0.4 is 19.2 Å². The van der Waals surface area contributed by atoms with Crippen molar-refractivity contribution < 1.29 is 39.1 Å². The Morgan fingerprint density at radius 3 is 0.615 bits per heavy atom. The summed E-state index contributed by atoms with van der Waals surface area (Å²) in [6.45, 7) is 0. The van der Waals surface area contributed by atoms with E-state index in [1.807, 2.05) is 0 Å². The zero-order valence-electron chi connectivity index (χ0n) is 6.47. The van der Waals surface area contributed by atoms with Crippen LogP contribution in [-0.2, 0) is 8.92 Å². The Kier molecular flexibility index (Phi) is 124. The van der Waals surface area contributed by atoms with Crippen LogP contribution in [0.2, 0.25) is 0 Å². The Morgan fingerprint density at radius 1 is 0.615 bits per heavy atom. The van der Waals surface area contributed by atoms with Gasteiger partial charge < -0.3 is 39.1 Å². The average molecular weight is 306 g/mol. The van der Waals surface area contributed by atoms with E-state index in [9.17, 15) is 0 Å². The fourth-order valence-corrected chi connectivity index (χ4v) is 0. The summed E-state index contributed by atoms with van der Waals surface area (Å²) in [5, 5.41) is 0. The predicted molar refractivity (Wildman–Crippen MR) is 34.0 cm³/mol. The minimum atomic E-state index is -3.63. The van der Waals surface area contributed by atoms with Crippen LogP contribution in [0.5, 0.6) is 0 Å². The molecule has 64 valence electrons. The first-order chi connectivity index (χ1) is 3.46. The van der Waals surface area contributed by atoms with Gasteiger partial charge >= 0.3 is 113 Å². The largest absolute Gasteiger partial charge is 2.00 e. The predicted octanol–water partition coefficient (Wildman–Crippen LogP) is -7.25. The fourth-order valence-electron chi connectivity index (χ4n) is 0. The first-order valence-electron chi connectivity index (χ1n) is 1.22. The van der Waals surface area contributed by atoms with Gasteiger partial charge in [-0.15, -0.1) is 0 Å². The molecule has 0 saturated heterocycles. The van der Waals surface area contributed by atoms with Crippen LogP contribution in [0.25, 0.3) is 0 Å². The van der Waals surface area contributed by atoms with Gasteiger partial charge in [-0.1, -0.05) is 0 Å². The van der Waals surface area contributed by atoms with Gasteiger partial charge in [0.1, 0.15) is 0 Å². The number of hydrogen-bond donors (Lipinski definition) is 0. The normalized spacial score (nSPS) is 3.69. The molecular formula is H2Ca3O8Si2. The van der Waals surface area contributed by atoms with Crippen molar-refractivity contribution in [2.45, 2.75) is 0 Å². The Labute approximate surface area is 167 Å². The topological polar surface area (TPSA) is 186 Å². The molecule has 0 amide bonds. The first kappa shape index (κ1) is 44.5. The Bertz CT molecular complexity index is 75.4. The van der Waals surface area contributed by atoms with Crippen molar-refractivity contribution in [3.05, 3.63) is 0 Å². The van der Waals surface area contributed by atoms with Gasteiger partial charge in [-0.05, 0) is 0 Å². The molecule has 0 aromatic rings. The van der Waals surface area contributed by atoms with Crippen molar-refractivity contribution in [1.82, 2.24) is 0 Å². The van der Waals surface area contributed by atoms with Crippen molar-refractivity contribution in [3.63, 3.8) is 0 Å². The minimum absolute atomic E-state index is 0. The quantitative estimate of drug-likeness (QED) is 0.394. The molecule has 0 fully saturated rings. The van der Waals surface area contributed by atoms with Crippen LogP contribution in [0.4, 0.5) is 0 Å². The average Bonchev–Trinajstić information content (AvgIpc) is 1.25. The van der Waals surface area contributed by atoms with E-state index in [1.165, 1.54) is 0 Å². The van der Waals surface area contributed by atoms with Crippen molar-refractivity contribution in [3.8, 4) is 0 Å². The third-order valence-electron chi connectivity index (χ3n) is 0. The summed E-state index contributed by atoms with van der Waals surface area (Å²) in [6, 6.07) is 0. The van der Waals surface area contributed by atoms with Crippen molar-refractivity contribution in [2.24, 2.45) is 0 Å². The van der Waals surface area contributed by atoms with Gasteiger partial charge in [0.2, 0.25) is 0 Å². The van der Waals surface area contributed by atoms with E-state index in [0.29, 0.717) is 0 Å². The maximum absolute atomic E-state index is 8.52. The van der Waals surface area contributed by atoms with E-state index in [4.69, 9.17) is 28.1 Å². The van der Waals surface area contributed by atoms with Crippen LogP contribution in [0, 0.1) is 0 Å². The molecule has 0 aromatic heterocycles. The standard InChI is InChI=1S/3Ca.2O3Si.2H2O/c;;;2*1-4(2)3;;/h;;;;;2*1H2/q3*+2;2*-2;;/p-2. The van der Waals surface area contributed by atoms with E-state index in [0.717, 1.165) is 0 Å². The smallest absolute Gasteiger partial charge is 0.870 e. The van der Waals surface area contributed by atoms with Crippen molar-refractivity contribution in [1.29, 1.82) is 0 Å². The molecule has 0 saturated carbocycles. The van der Waals surface area contributed by atoms with E-state index in [2.05, 4.69) is 0 Å². The van der Waals surface area contributed by atoms with Gasteiger partial charge in [0.25, 0.3) is 0 Å². The molecule has 13 heavy (non-hydrogen) atoms. The zero-order chi connectivity index (χ0) is 7.15. The van der Waals surface area contributed by atoms with E-state index in [1.54, 1.807) is 0 Å². The second kappa shape index (κ2) is 36.3. The Balaban J connectivity index is -0.00000000800. The van der Waals surface area contributed by atoms with Crippen molar-refractivity contribution >= 4 is 132 Å². The summed E-state index contributed by atoms with van der Waals surface area (Å²) in [6.07, 6.45) is 0. The maximum Gasteiger partial charge on any atom is 2.00 e. The SMILES string of the molecule is O=[Si]([O-])[O-].O=[Si]([O-])[O-].[Ca+2].[Ca+2].[Ca+2].[OH-].[OH-]. The fraction of sp³-hybridized carbons (Fsp3) is 0. The molecule has 8 nitrogen and oxygen atoms in total. The van der Waals surface area contributed by atoms with Gasteiger partial charge in [0, 0.05) is 18.3 Å². The van der Waals surface area contributed by atoms with Gasteiger partial charge in [-0.3, -0.25) is 0 Å². The van der Waals surface area contributed by atoms with Crippen LogP contribution in [0.3, 0.4) is 0 Å². The molecular weight excluding hydrogens is 304 g/mol. The second-order valence-corrected chi connectivity index (χ2v) is 1.50. The van der Waals surface area contributed by atoms with Gasteiger partial charge in [0.05, 0.1) is 0 Å². The molecule has 0 heterocycles. The van der Waals surface area contributed by atoms with Gasteiger partial charge in [0.15, 0.2) is 0 Å². The van der Waals surface area contributed by atoms with Gasteiger partial charge in [-0.25, -0.2) is 0 Å². The second-order valence-electron chi connectivity index (χ2n) is 0.500. The van der Waals surface area contributed by atoms with Crippen LogP contribution in [0.1, 0.15) is 0 Å². The summed E-state index contributed by atoms with van der Waals surface area (Å²) < 4.78 is 17.0. The number of hydrogen-bond acceptors (Lipinski definition) is 8. The molecule has 0 aliphatic carbocycles. The Hall–Kier alpha value is 2.93. The zero-order valence-corrected chi connectivity index (χ0v) is 15.1. The van der Waals surface area contributed by atoms with Gasteiger partial charge in [-0.2, -0.15) is 0 Å². The number of rotatable bonds is 0. The molecule has 0 aromatic carbocycles. The monoisotopic (exact) mass is 306 g/mol. The summed E-state index contributed by atoms with van der Waals surface area (Å²) in [7, 11) is -7.26. The molecule has 0 aliphatic heterocycles. The molecule has 0 bridgehead atoms. The molecule has 13 heteroatoms. The molecule has 0 aliphatic rings. The molecule has 0 atom stereocenters. The van der Waals surface area contributed by atoms with Crippen LogP contribution in [-0.4, -0.2) is 143 Å². The first-order valence-corrected chi connectivity index (χ1v) is 3.67. The molecule has 0 spiro atoms. The molecule has 0 unspecified atom stereocenters. The molecule has 2 N–H and O–H groups in total. The summed E-state index contributed by atoms with van der Waals surface area (Å²) in [5.41, 5.74) is 0. The summed E-state index contributed by atoms with van der Waals surface area (Å²) >= 11 is 0. The summed E-state index contributed by atoms with van der Waals surface area (Å²) in [5.74, 6) is 0. The third-order valence-corrected chi connectivity index (χ3v) is 0. The molecule has 0 rings (SSSR count). The van der Waals surface area contributed by atoms with Crippen LogP contribution >= 0.6 is 0 Å². The minimum Gasteiger partial charge on any atom is -0.870 e. The van der Waals surface area contributed by atoms with E-state index < -0.39 is 18.3 Å². The summed E-state index contributed by atoms with van der Waals surface area (Å²) in [4.78, 5) is 34.1. The van der Waals surface area contributed by atoms with E-state index in [-0.39, 0.29) is 124 Å². The van der Waals surface area contributed by atoms with Crippen molar-refractivity contribution in [2.75, 3.05) is 0 Å². The van der Waals surface area contributed by atoms with E-state index >= 15 is 0 Å². The third kappa shape index (κ3) is 290. The Morgan fingerprint density at radius 2 is 0.615 bits per heavy atom. The van der Waals surface area contributed by atoms with Crippen LogP contribution in [0.15, 0.2) is 0 Å². The molecule has 0 radical (unpaired) electrons.